The summed E-state index contributed by atoms with van der Waals surface area (Å²) >= 11 is 4.67. The number of rotatable bonds is 8. The molecule has 0 fully saturated rings. The van der Waals surface area contributed by atoms with Crippen molar-refractivity contribution in [2.75, 3.05) is 12.4 Å². The Kier molecular flexibility index (Phi) is 7.80. The van der Waals surface area contributed by atoms with Crippen molar-refractivity contribution in [2.45, 2.75) is 19.0 Å². The van der Waals surface area contributed by atoms with E-state index in [1.807, 2.05) is 38.1 Å². The van der Waals surface area contributed by atoms with Crippen LogP contribution >= 0.6 is 27.7 Å². The number of hydrazone groups is 1. The van der Waals surface area contributed by atoms with Crippen molar-refractivity contribution in [3.05, 3.63) is 58.3 Å². The van der Waals surface area contributed by atoms with Crippen LogP contribution in [-0.4, -0.2) is 34.4 Å². The summed E-state index contributed by atoms with van der Waals surface area (Å²) in [6, 6.07) is 7.43. The first-order valence-corrected chi connectivity index (χ1v) is 9.56. The topological polar surface area (TPSA) is 76.5 Å². The van der Waals surface area contributed by atoms with Crippen LogP contribution in [0.5, 0.6) is 5.75 Å². The summed E-state index contributed by atoms with van der Waals surface area (Å²) < 4.78 is 6.45. The van der Waals surface area contributed by atoms with Gasteiger partial charge in [-0.1, -0.05) is 40.3 Å². The van der Waals surface area contributed by atoms with Gasteiger partial charge in [-0.05, 0) is 38.1 Å². The molecule has 136 valence electrons. The number of nitrogens with zero attached hydrogens (tertiary/aromatic N) is 3. The van der Waals surface area contributed by atoms with Crippen LogP contribution < -0.4 is 10.2 Å². The van der Waals surface area contributed by atoms with Gasteiger partial charge in [0, 0.05) is 21.4 Å². The molecule has 0 bridgehead atoms. The van der Waals surface area contributed by atoms with Crippen LogP contribution in [0.2, 0.25) is 0 Å². The van der Waals surface area contributed by atoms with Crippen molar-refractivity contribution in [1.82, 2.24) is 15.4 Å². The summed E-state index contributed by atoms with van der Waals surface area (Å²) in [7, 11) is 0. The normalized spacial score (nSPS) is 10.7. The van der Waals surface area contributed by atoms with Gasteiger partial charge in [-0.25, -0.2) is 15.4 Å². The van der Waals surface area contributed by atoms with Crippen molar-refractivity contribution in [2.24, 2.45) is 5.10 Å². The molecule has 0 aliphatic heterocycles. The molecule has 1 amide bonds. The summed E-state index contributed by atoms with van der Waals surface area (Å²) in [5, 5.41) is 4.57. The van der Waals surface area contributed by atoms with Gasteiger partial charge in [0.15, 0.2) is 5.16 Å². The number of amides is 1. The average Bonchev–Trinajstić information content (AvgIpc) is 2.58. The number of thioether (sulfide) groups is 1. The molecule has 0 aliphatic rings. The van der Waals surface area contributed by atoms with E-state index in [-0.39, 0.29) is 11.7 Å². The van der Waals surface area contributed by atoms with E-state index in [0.717, 1.165) is 21.4 Å². The molecule has 0 spiro atoms. The van der Waals surface area contributed by atoms with Crippen molar-refractivity contribution in [3.8, 4) is 5.75 Å². The number of carbonyl (C=O) groups excluding carboxylic acids is 1. The number of hydrogen-bond acceptors (Lipinski definition) is 6. The fourth-order valence-corrected chi connectivity index (χ4v) is 3.12. The highest BCUT2D eigenvalue weighted by molar-refractivity contribution is 9.10. The highest BCUT2D eigenvalue weighted by Gasteiger charge is 2.06. The Labute approximate surface area is 165 Å². The number of hydrogen-bond donors (Lipinski definition) is 1. The largest absolute Gasteiger partial charge is 0.489 e. The molecular formula is C18H19BrN4O2S. The van der Waals surface area contributed by atoms with Crippen LogP contribution in [0.1, 0.15) is 17.0 Å². The fourth-order valence-electron chi connectivity index (χ4n) is 1.99. The van der Waals surface area contributed by atoms with Gasteiger partial charge in [-0.2, -0.15) is 5.10 Å². The molecule has 2 rings (SSSR count). The van der Waals surface area contributed by atoms with Gasteiger partial charge in [-0.15, -0.1) is 0 Å². The van der Waals surface area contributed by atoms with Crippen LogP contribution in [0.4, 0.5) is 0 Å². The van der Waals surface area contributed by atoms with Crippen molar-refractivity contribution in [1.29, 1.82) is 0 Å². The van der Waals surface area contributed by atoms with E-state index in [1.165, 1.54) is 11.8 Å². The number of nitrogens with one attached hydrogen (secondary N) is 1. The molecule has 1 aromatic carbocycles. The zero-order valence-electron chi connectivity index (χ0n) is 14.5. The third-order valence-corrected chi connectivity index (χ3v) is 4.36. The van der Waals surface area contributed by atoms with Crippen LogP contribution in [0.15, 0.2) is 51.7 Å². The Hall–Kier alpha value is -2.19. The molecule has 1 aromatic heterocycles. The summed E-state index contributed by atoms with van der Waals surface area (Å²) in [5.41, 5.74) is 4.99. The minimum atomic E-state index is -0.238. The van der Waals surface area contributed by atoms with Crippen molar-refractivity contribution in [3.63, 3.8) is 0 Å². The molecule has 0 unspecified atom stereocenters. The number of ether oxygens (including phenoxy) is 1. The molecule has 0 atom stereocenters. The van der Waals surface area contributed by atoms with Crippen LogP contribution in [0.3, 0.4) is 0 Å². The van der Waals surface area contributed by atoms with Crippen molar-refractivity contribution < 1.29 is 9.53 Å². The monoisotopic (exact) mass is 434 g/mol. The third-order valence-electron chi connectivity index (χ3n) is 3.02. The second kappa shape index (κ2) is 10.1. The van der Waals surface area contributed by atoms with Gasteiger partial charge >= 0.3 is 0 Å². The minimum Gasteiger partial charge on any atom is -0.489 e. The van der Waals surface area contributed by atoms with E-state index < -0.39 is 0 Å². The van der Waals surface area contributed by atoms with E-state index in [2.05, 4.69) is 43.0 Å². The quantitative estimate of drug-likeness (QED) is 0.225. The van der Waals surface area contributed by atoms with Gasteiger partial charge in [0.2, 0.25) is 0 Å². The Bertz CT molecular complexity index is 807. The zero-order chi connectivity index (χ0) is 18.9. The molecule has 26 heavy (non-hydrogen) atoms. The Morgan fingerprint density at radius 3 is 2.77 bits per heavy atom. The number of carbonyl (C=O) groups is 1. The number of aromatic nitrogens is 2. The maximum atomic E-state index is 11.9. The van der Waals surface area contributed by atoms with E-state index in [0.29, 0.717) is 17.5 Å². The number of aryl methyl sites for hydroxylation is 2. The molecule has 2 aromatic rings. The van der Waals surface area contributed by atoms with Crippen LogP contribution in [0.25, 0.3) is 0 Å². The lowest BCUT2D eigenvalue weighted by atomic mass is 10.2. The molecule has 0 aliphatic carbocycles. The predicted molar refractivity (Wildman–Crippen MR) is 108 cm³/mol. The lowest BCUT2D eigenvalue weighted by Gasteiger charge is -2.07. The van der Waals surface area contributed by atoms with E-state index >= 15 is 0 Å². The second-order valence-electron chi connectivity index (χ2n) is 5.30. The Morgan fingerprint density at radius 2 is 2.08 bits per heavy atom. The molecular weight excluding hydrogens is 416 g/mol. The first-order valence-electron chi connectivity index (χ1n) is 7.78. The highest BCUT2D eigenvalue weighted by Crippen LogP contribution is 2.21. The zero-order valence-corrected chi connectivity index (χ0v) is 16.9. The standard InChI is InChI=1S/C18H19BrN4O2S/c1-4-7-25-16-6-5-15(19)9-14(16)10-20-23-17(24)11-26-18-21-12(2)8-13(3)22-18/h4-6,8-10H,1,7,11H2,2-3H3,(H,23,24)/b20-10-. The molecule has 6 nitrogen and oxygen atoms in total. The fraction of sp³-hybridized carbons (Fsp3) is 0.222. The van der Waals surface area contributed by atoms with E-state index in [4.69, 9.17) is 4.74 Å². The molecule has 0 saturated carbocycles. The van der Waals surface area contributed by atoms with Gasteiger partial charge in [0.05, 0.1) is 12.0 Å². The molecule has 0 saturated heterocycles. The number of benzene rings is 1. The van der Waals surface area contributed by atoms with Crippen LogP contribution in [0, 0.1) is 13.8 Å². The Balaban J connectivity index is 1.92. The maximum absolute atomic E-state index is 11.9. The van der Waals surface area contributed by atoms with Gasteiger partial charge in [-0.3, -0.25) is 4.79 Å². The first kappa shape index (κ1) is 20.1. The summed E-state index contributed by atoms with van der Waals surface area (Å²) in [4.78, 5) is 20.5. The average molecular weight is 435 g/mol. The lowest BCUT2D eigenvalue weighted by molar-refractivity contribution is -0.118. The first-order chi connectivity index (χ1) is 12.5. The third kappa shape index (κ3) is 6.61. The van der Waals surface area contributed by atoms with E-state index in [9.17, 15) is 4.79 Å². The van der Waals surface area contributed by atoms with Crippen molar-refractivity contribution >= 4 is 39.8 Å². The van der Waals surface area contributed by atoms with Gasteiger partial charge in [0.1, 0.15) is 12.4 Å². The SMILES string of the molecule is C=CCOc1ccc(Br)cc1/C=N\NC(=O)CSc1nc(C)cc(C)n1. The lowest BCUT2D eigenvalue weighted by Crippen LogP contribution is -2.20. The second-order valence-corrected chi connectivity index (χ2v) is 7.16. The minimum absolute atomic E-state index is 0.179. The summed E-state index contributed by atoms with van der Waals surface area (Å²) in [5.74, 6) is 0.597. The smallest absolute Gasteiger partial charge is 0.250 e. The van der Waals surface area contributed by atoms with Gasteiger partial charge < -0.3 is 4.74 Å². The molecule has 8 heteroatoms. The molecule has 1 heterocycles. The van der Waals surface area contributed by atoms with Gasteiger partial charge in [0.25, 0.3) is 5.91 Å². The molecule has 0 radical (unpaired) electrons. The number of halogens is 1. The summed E-state index contributed by atoms with van der Waals surface area (Å²) in [6.07, 6.45) is 3.20. The summed E-state index contributed by atoms with van der Waals surface area (Å²) in [6.45, 7) is 7.81. The highest BCUT2D eigenvalue weighted by atomic mass is 79.9. The molecule has 1 N–H and O–H groups in total. The predicted octanol–water partition coefficient (Wildman–Crippen LogP) is 3.66. The van der Waals surface area contributed by atoms with E-state index in [1.54, 1.807) is 12.3 Å². The Morgan fingerprint density at radius 1 is 1.35 bits per heavy atom. The maximum Gasteiger partial charge on any atom is 0.250 e. The van der Waals surface area contributed by atoms with Crippen LogP contribution in [-0.2, 0) is 4.79 Å².